The van der Waals surface area contributed by atoms with Crippen LogP contribution in [0.4, 0.5) is 5.69 Å². The Morgan fingerprint density at radius 2 is 2.21 bits per heavy atom. The lowest BCUT2D eigenvalue weighted by molar-refractivity contribution is 0.0696. The highest BCUT2D eigenvalue weighted by Gasteiger charge is 2.07. The molecule has 14 heavy (non-hydrogen) atoms. The van der Waals surface area contributed by atoms with Crippen LogP contribution in [0.5, 0.6) is 0 Å². The summed E-state index contributed by atoms with van der Waals surface area (Å²) in [4.78, 5) is 10.8. The van der Waals surface area contributed by atoms with E-state index in [0.717, 1.165) is 5.69 Å². The molecule has 0 bridgehead atoms. The molecule has 0 fully saturated rings. The molecule has 0 aliphatic heterocycles. The van der Waals surface area contributed by atoms with E-state index in [1.54, 1.807) is 25.3 Å². The Morgan fingerprint density at radius 3 is 2.71 bits per heavy atom. The van der Waals surface area contributed by atoms with E-state index < -0.39 is 5.97 Å². The normalized spacial score (nSPS) is 10.4. The van der Waals surface area contributed by atoms with Gasteiger partial charge in [-0.3, -0.25) is 0 Å². The zero-order valence-corrected chi connectivity index (χ0v) is 8.24. The number of aromatic carboxylic acids is 1. The van der Waals surface area contributed by atoms with Gasteiger partial charge in [-0.25, -0.2) is 4.79 Å². The first-order valence-electron chi connectivity index (χ1n) is 4.37. The molecular weight excluding hydrogens is 178 g/mol. The molecule has 0 heterocycles. The van der Waals surface area contributed by atoms with Crippen molar-refractivity contribution in [2.24, 2.45) is 0 Å². The van der Waals surface area contributed by atoms with Gasteiger partial charge in [-0.05, 0) is 30.7 Å². The van der Waals surface area contributed by atoms with Gasteiger partial charge in [-0.1, -0.05) is 12.2 Å². The minimum absolute atomic E-state index is 0.321. The third-order valence-electron chi connectivity index (χ3n) is 1.92. The molecule has 0 radical (unpaired) electrons. The molecule has 0 aliphatic carbocycles. The highest BCUT2D eigenvalue weighted by Crippen LogP contribution is 2.17. The van der Waals surface area contributed by atoms with E-state index in [9.17, 15) is 4.79 Å². The average molecular weight is 191 g/mol. The summed E-state index contributed by atoms with van der Waals surface area (Å²) in [5.74, 6) is -0.902. The van der Waals surface area contributed by atoms with Crippen LogP contribution < -0.4 is 5.32 Å². The number of allylic oxidation sites excluding steroid dienone is 1. The maximum absolute atomic E-state index is 10.8. The number of benzene rings is 1. The summed E-state index contributed by atoms with van der Waals surface area (Å²) in [6.07, 6.45) is 3.60. The van der Waals surface area contributed by atoms with E-state index >= 15 is 0 Å². The molecule has 1 aromatic rings. The highest BCUT2D eigenvalue weighted by molar-refractivity contribution is 5.92. The molecule has 3 nitrogen and oxygen atoms in total. The Labute approximate surface area is 83.1 Å². The van der Waals surface area contributed by atoms with Gasteiger partial charge >= 0.3 is 5.97 Å². The first kappa shape index (κ1) is 10.3. The molecule has 0 atom stereocenters. The van der Waals surface area contributed by atoms with Crippen LogP contribution in [0, 0.1) is 0 Å². The smallest absolute Gasteiger partial charge is 0.336 e. The number of carboxylic acids is 1. The van der Waals surface area contributed by atoms with Crippen LogP contribution in [-0.2, 0) is 0 Å². The molecule has 2 N–H and O–H groups in total. The van der Waals surface area contributed by atoms with Crippen molar-refractivity contribution in [2.75, 3.05) is 12.4 Å². The van der Waals surface area contributed by atoms with Gasteiger partial charge in [0.1, 0.15) is 0 Å². The van der Waals surface area contributed by atoms with Crippen molar-refractivity contribution in [3.8, 4) is 0 Å². The SMILES string of the molecule is CC=Cc1cc(NC)ccc1C(=O)O. The highest BCUT2D eigenvalue weighted by atomic mass is 16.4. The first-order chi connectivity index (χ1) is 6.69. The van der Waals surface area contributed by atoms with Gasteiger partial charge in [0.25, 0.3) is 0 Å². The Balaban J connectivity index is 3.23. The van der Waals surface area contributed by atoms with Gasteiger partial charge in [-0.2, -0.15) is 0 Å². The van der Waals surface area contributed by atoms with Crippen LogP contribution in [0.15, 0.2) is 24.3 Å². The number of rotatable bonds is 3. The van der Waals surface area contributed by atoms with Crippen molar-refractivity contribution in [3.05, 3.63) is 35.4 Å². The van der Waals surface area contributed by atoms with Crippen LogP contribution in [0.2, 0.25) is 0 Å². The molecule has 74 valence electrons. The Kier molecular flexibility index (Phi) is 3.29. The van der Waals surface area contributed by atoms with Crippen molar-refractivity contribution < 1.29 is 9.90 Å². The van der Waals surface area contributed by atoms with Crippen molar-refractivity contribution >= 4 is 17.7 Å². The van der Waals surface area contributed by atoms with Gasteiger partial charge in [-0.15, -0.1) is 0 Å². The number of anilines is 1. The molecule has 0 saturated carbocycles. The van der Waals surface area contributed by atoms with E-state index in [0.29, 0.717) is 11.1 Å². The fourth-order valence-corrected chi connectivity index (χ4v) is 1.23. The molecule has 0 spiro atoms. The summed E-state index contributed by atoms with van der Waals surface area (Å²) >= 11 is 0. The van der Waals surface area contributed by atoms with E-state index in [1.807, 2.05) is 19.1 Å². The fourth-order valence-electron chi connectivity index (χ4n) is 1.23. The lowest BCUT2D eigenvalue weighted by atomic mass is 10.1. The van der Waals surface area contributed by atoms with Crippen LogP contribution in [0.25, 0.3) is 6.08 Å². The number of carbonyl (C=O) groups is 1. The zero-order chi connectivity index (χ0) is 10.6. The second kappa shape index (κ2) is 4.46. The first-order valence-corrected chi connectivity index (χ1v) is 4.37. The maximum Gasteiger partial charge on any atom is 0.336 e. The topological polar surface area (TPSA) is 49.3 Å². The van der Waals surface area contributed by atoms with Gasteiger partial charge in [0.05, 0.1) is 5.56 Å². The minimum Gasteiger partial charge on any atom is -0.478 e. The summed E-state index contributed by atoms with van der Waals surface area (Å²) in [5, 5.41) is 11.9. The van der Waals surface area contributed by atoms with Crippen LogP contribution >= 0.6 is 0 Å². The second-order valence-corrected chi connectivity index (χ2v) is 2.86. The summed E-state index contributed by atoms with van der Waals surface area (Å²) in [6.45, 7) is 1.86. The van der Waals surface area contributed by atoms with Crippen molar-refractivity contribution in [3.63, 3.8) is 0 Å². The molecule has 0 unspecified atom stereocenters. The van der Waals surface area contributed by atoms with Gasteiger partial charge < -0.3 is 10.4 Å². The maximum atomic E-state index is 10.8. The van der Waals surface area contributed by atoms with Crippen LogP contribution in [0.1, 0.15) is 22.8 Å². The lowest BCUT2D eigenvalue weighted by Crippen LogP contribution is -2.00. The third-order valence-corrected chi connectivity index (χ3v) is 1.92. The van der Waals surface area contributed by atoms with E-state index in [1.165, 1.54) is 0 Å². The quantitative estimate of drug-likeness (QED) is 0.771. The summed E-state index contributed by atoms with van der Waals surface area (Å²) in [6, 6.07) is 5.16. The predicted molar refractivity (Wildman–Crippen MR) is 57.7 cm³/mol. The van der Waals surface area contributed by atoms with Crippen molar-refractivity contribution in [1.82, 2.24) is 0 Å². The van der Waals surface area contributed by atoms with E-state index in [4.69, 9.17) is 5.11 Å². The summed E-state index contributed by atoms with van der Waals surface area (Å²) < 4.78 is 0. The third kappa shape index (κ3) is 2.13. The standard InChI is InChI=1S/C11H13NO2/c1-3-4-8-7-9(12-2)5-6-10(8)11(13)14/h3-7,12H,1-2H3,(H,13,14). The van der Waals surface area contributed by atoms with E-state index in [-0.39, 0.29) is 0 Å². The Morgan fingerprint density at radius 1 is 1.50 bits per heavy atom. The summed E-state index contributed by atoms with van der Waals surface area (Å²) in [5.41, 5.74) is 1.94. The van der Waals surface area contributed by atoms with Crippen LogP contribution in [0.3, 0.4) is 0 Å². The lowest BCUT2D eigenvalue weighted by Gasteiger charge is -2.04. The zero-order valence-electron chi connectivity index (χ0n) is 8.24. The number of nitrogens with one attached hydrogen (secondary N) is 1. The van der Waals surface area contributed by atoms with Crippen molar-refractivity contribution in [1.29, 1.82) is 0 Å². The Hall–Kier alpha value is -1.77. The summed E-state index contributed by atoms with van der Waals surface area (Å²) in [7, 11) is 1.80. The molecule has 1 aromatic carbocycles. The molecule has 3 heteroatoms. The molecule has 0 saturated heterocycles. The molecular formula is C11H13NO2. The molecule has 0 aliphatic rings. The number of hydrogen-bond acceptors (Lipinski definition) is 2. The van der Waals surface area contributed by atoms with Crippen LogP contribution in [-0.4, -0.2) is 18.1 Å². The van der Waals surface area contributed by atoms with E-state index in [2.05, 4.69) is 5.32 Å². The minimum atomic E-state index is -0.902. The number of carboxylic acid groups (broad SMARTS) is 1. The Bertz CT molecular complexity index is 370. The number of hydrogen-bond donors (Lipinski definition) is 2. The molecule has 0 aromatic heterocycles. The van der Waals surface area contributed by atoms with Crippen molar-refractivity contribution in [2.45, 2.75) is 6.92 Å². The predicted octanol–water partition coefficient (Wildman–Crippen LogP) is 2.46. The fraction of sp³-hybridized carbons (Fsp3) is 0.182. The van der Waals surface area contributed by atoms with Gasteiger partial charge in [0.2, 0.25) is 0 Å². The van der Waals surface area contributed by atoms with Gasteiger partial charge in [0, 0.05) is 12.7 Å². The monoisotopic (exact) mass is 191 g/mol. The molecule has 1 rings (SSSR count). The largest absolute Gasteiger partial charge is 0.478 e. The molecule has 0 amide bonds. The second-order valence-electron chi connectivity index (χ2n) is 2.86. The van der Waals surface area contributed by atoms with Gasteiger partial charge in [0.15, 0.2) is 0 Å². The average Bonchev–Trinajstić information content (AvgIpc) is 2.17.